The number of rotatable bonds is 2. The van der Waals surface area contributed by atoms with Crippen LogP contribution < -0.4 is 11.1 Å². The number of aromatic nitrogens is 4. The Balaban J connectivity index is 2.68. The molecule has 0 aliphatic rings. The number of hydrogen-bond donors (Lipinski definition) is 2. The van der Waals surface area contributed by atoms with Crippen LogP contribution in [0.5, 0.6) is 0 Å². The van der Waals surface area contributed by atoms with Crippen LogP contribution in [0.4, 0.5) is 10.2 Å². The van der Waals surface area contributed by atoms with E-state index in [1.54, 1.807) is 17.9 Å². The van der Waals surface area contributed by atoms with Crippen molar-refractivity contribution in [1.29, 1.82) is 0 Å². The number of nitrogens with two attached hydrogens (primary N) is 1. The van der Waals surface area contributed by atoms with Crippen molar-refractivity contribution in [2.75, 3.05) is 12.8 Å². The molecule has 0 unspecified atom stereocenters. The van der Waals surface area contributed by atoms with E-state index in [1.807, 2.05) is 6.92 Å². The zero-order valence-corrected chi connectivity index (χ0v) is 8.40. The van der Waals surface area contributed by atoms with Crippen LogP contribution in [0.15, 0.2) is 6.33 Å². The molecule has 0 amide bonds. The first-order chi connectivity index (χ1) is 7.13. The molecule has 7 heteroatoms. The molecule has 0 saturated carbocycles. The standard InChI is InChI=1S/C8H11FN6/c1-4(11-2)15-3-12-5-6(10)13-8(9)14-7(5)15/h3-4,11H,1-2H3,(H2,10,13,14)/t4-/m1/s1. The number of halogens is 1. The molecule has 0 saturated heterocycles. The van der Waals surface area contributed by atoms with E-state index in [0.29, 0.717) is 11.2 Å². The third-order valence-corrected chi connectivity index (χ3v) is 2.26. The van der Waals surface area contributed by atoms with E-state index in [-0.39, 0.29) is 12.0 Å². The first kappa shape index (κ1) is 9.78. The maximum absolute atomic E-state index is 13.0. The molecule has 0 fully saturated rings. The number of nitrogen functional groups attached to an aromatic ring is 1. The molecule has 2 rings (SSSR count). The third kappa shape index (κ3) is 1.50. The van der Waals surface area contributed by atoms with Gasteiger partial charge in [0.2, 0.25) is 0 Å². The summed E-state index contributed by atoms with van der Waals surface area (Å²) in [6.45, 7) is 1.90. The molecule has 2 aromatic rings. The van der Waals surface area contributed by atoms with Crippen LogP contribution in [0.3, 0.4) is 0 Å². The SMILES string of the molecule is CN[C@@H](C)n1cnc2c(N)nc(F)nc21. The van der Waals surface area contributed by atoms with E-state index >= 15 is 0 Å². The van der Waals surface area contributed by atoms with Gasteiger partial charge in [0.15, 0.2) is 11.5 Å². The summed E-state index contributed by atoms with van der Waals surface area (Å²) in [6, 6.07) is 0. The van der Waals surface area contributed by atoms with Gasteiger partial charge in [-0.05, 0) is 14.0 Å². The highest BCUT2D eigenvalue weighted by Crippen LogP contribution is 2.17. The van der Waals surface area contributed by atoms with E-state index in [0.717, 1.165) is 0 Å². The van der Waals surface area contributed by atoms with Gasteiger partial charge >= 0.3 is 6.08 Å². The highest BCUT2D eigenvalue weighted by atomic mass is 19.1. The number of fused-ring (bicyclic) bond motifs is 1. The highest BCUT2D eigenvalue weighted by Gasteiger charge is 2.13. The molecule has 80 valence electrons. The Morgan fingerprint density at radius 3 is 2.93 bits per heavy atom. The van der Waals surface area contributed by atoms with Crippen molar-refractivity contribution in [2.45, 2.75) is 13.1 Å². The monoisotopic (exact) mass is 210 g/mol. The van der Waals surface area contributed by atoms with Crippen molar-refractivity contribution in [2.24, 2.45) is 0 Å². The van der Waals surface area contributed by atoms with Crippen LogP contribution in [0.1, 0.15) is 13.1 Å². The second-order valence-corrected chi connectivity index (χ2v) is 3.17. The van der Waals surface area contributed by atoms with Gasteiger partial charge in [-0.15, -0.1) is 0 Å². The normalized spacial score (nSPS) is 13.3. The molecule has 0 spiro atoms. The van der Waals surface area contributed by atoms with E-state index in [1.165, 1.54) is 0 Å². The Morgan fingerprint density at radius 2 is 2.27 bits per heavy atom. The van der Waals surface area contributed by atoms with Gasteiger partial charge in [0, 0.05) is 0 Å². The summed E-state index contributed by atoms with van der Waals surface area (Å²) < 4.78 is 14.6. The van der Waals surface area contributed by atoms with Crippen LogP contribution in [0.2, 0.25) is 0 Å². The quantitative estimate of drug-likeness (QED) is 0.696. The number of nitrogens with zero attached hydrogens (tertiary/aromatic N) is 4. The molecule has 15 heavy (non-hydrogen) atoms. The Hall–Kier alpha value is -1.76. The summed E-state index contributed by atoms with van der Waals surface area (Å²) in [4.78, 5) is 11.1. The van der Waals surface area contributed by atoms with E-state index in [4.69, 9.17) is 5.73 Å². The molecular formula is C8H11FN6. The minimum atomic E-state index is -0.843. The molecule has 0 aliphatic heterocycles. The first-order valence-electron chi connectivity index (χ1n) is 4.46. The molecule has 2 aromatic heterocycles. The zero-order chi connectivity index (χ0) is 11.0. The summed E-state index contributed by atoms with van der Waals surface area (Å²) in [6.07, 6.45) is 0.671. The average Bonchev–Trinajstić information content (AvgIpc) is 2.60. The Bertz CT molecular complexity index is 493. The van der Waals surface area contributed by atoms with Gasteiger partial charge in [-0.1, -0.05) is 0 Å². The molecule has 2 heterocycles. The maximum Gasteiger partial charge on any atom is 0.312 e. The Morgan fingerprint density at radius 1 is 1.53 bits per heavy atom. The molecule has 6 nitrogen and oxygen atoms in total. The number of imidazole rings is 1. The summed E-state index contributed by atoms with van der Waals surface area (Å²) in [7, 11) is 1.79. The van der Waals surface area contributed by atoms with Gasteiger partial charge in [0.05, 0.1) is 12.5 Å². The highest BCUT2D eigenvalue weighted by molar-refractivity contribution is 5.81. The van der Waals surface area contributed by atoms with Crippen molar-refractivity contribution in [1.82, 2.24) is 24.8 Å². The summed E-state index contributed by atoms with van der Waals surface area (Å²) in [5.74, 6) is 0.0551. The second kappa shape index (κ2) is 3.43. The fraction of sp³-hybridized carbons (Fsp3) is 0.375. The lowest BCUT2D eigenvalue weighted by Gasteiger charge is -2.11. The van der Waals surface area contributed by atoms with Crippen LogP contribution in [0, 0.1) is 6.08 Å². The molecular weight excluding hydrogens is 199 g/mol. The maximum atomic E-state index is 13.0. The average molecular weight is 210 g/mol. The van der Waals surface area contributed by atoms with Gasteiger partial charge in [-0.25, -0.2) is 4.98 Å². The summed E-state index contributed by atoms with van der Waals surface area (Å²) in [5, 5.41) is 3.00. The van der Waals surface area contributed by atoms with E-state index in [9.17, 15) is 4.39 Å². The molecule has 0 aliphatic carbocycles. The fourth-order valence-corrected chi connectivity index (χ4v) is 1.33. The number of hydrogen-bond acceptors (Lipinski definition) is 5. The second-order valence-electron chi connectivity index (χ2n) is 3.17. The molecule has 1 atom stereocenters. The number of anilines is 1. The minimum Gasteiger partial charge on any atom is -0.382 e. The van der Waals surface area contributed by atoms with Crippen molar-refractivity contribution < 1.29 is 4.39 Å². The van der Waals surface area contributed by atoms with Gasteiger partial charge in [0.1, 0.15) is 5.52 Å². The van der Waals surface area contributed by atoms with Crippen LogP contribution in [0.25, 0.3) is 11.2 Å². The third-order valence-electron chi connectivity index (χ3n) is 2.26. The van der Waals surface area contributed by atoms with Gasteiger partial charge < -0.3 is 11.1 Å². The molecule has 0 radical (unpaired) electrons. The predicted octanol–water partition coefficient (Wildman–Crippen LogP) is 0.285. The molecule has 3 N–H and O–H groups in total. The van der Waals surface area contributed by atoms with E-state index in [2.05, 4.69) is 20.3 Å². The Labute approximate surface area is 85.3 Å². The van der Waals surface area contributed by atoms with Crippen LogP contribution >= 0.6 is 0 Å². The smallest absolute Gasteiger partial charge is 0.312 e. The minimum absolute atomic E-state index is 0.0382. The summed E-state index contributed by atoms with van der Waals surface area (Å²) >= 11 is 0. The zero-order valence-electron chi connectivity index (χ0n) is 8.40. The van der Waals surface area contributed by atoms with Crippen molar-refractivity contribution >= 4 is 17.0 Å². The van der Waals surface area contributed by atoms with Gasteiger partial charge in [0.25, 0.3) is 0 Å². The lowest BCUT2D eigenvalue weighted by atomic mass is 10.5. The fourth-order valence-electron chi connectivity index (χ4n) is 1.33. The first-order valence-corrected chi connectivity index (χ1v) is 4.46. The Kier molecular flexibility index (Phi) is 2.24. The molecule has 0 bridgehead atoms. The van der Waals surface area contributed by atoms with Gasteiger partial charge in [-0.2, -0.15) is 14.4 Å². The van der Waals surface area contributed by atoms with Crippen molar-refractivity contribution in [3.05, 3.63) is 12.4 Å². The predicted molar refractivity (Wildman–Crippen MR) is 53.5 cm³/mol. The van der Waals surface area contributed by atoms with E-state index < -0.39 is 6.08 Å². The van der Waals surface area contributed by atoms with Crippen molar-refractivity contribution in [3.63, 3.8) is 0 Å². The summed E-state index contributed by atoms with van der Waals surface area (Å²) in [5.41, 5.74) is 6.33. The largest absolute Gasteiger partial charge is 0.382 e. The number of nitrogens with one attached hydrogen (secondary N) is 1. The van der Waals surface area contributed by atoms with Crippen LogP contribution in [-0.4, -0.2) is 26.6 Å². The molecule has 0 aromatic carbocycles. The lowest BCUT2D eigenvalue weighted by molar-refractivity contribution is 0.480. The topological polar surface area (TPSA) is 81.7 Å². The van der Waals surface area contributed by atoms with Crippen LogP contribution in [-0.2, 0) is 0 Å². The lowest BCUT2D eigenvalue weighted by Crippen LogP contribution is -2.19. The van der Waals surface area contributed by atoms with Crippen molar-refractivity contribution in [3.8, 4) is 0 Å². The van der Waals surface area contributed by atoms with Gasteiger partial charge in [-0.3, -0.25) is 4.57 Å².